The first kappa shape index (κ1) is 23.2. The molecule has 0 spiro atoms. The van der Waals surface area contributed by atoms with Crippen molar-refractivity contribution in [1.82, 2.24) is 0 Å². The zero-order valence-electron chi connectivity index (χ0n) is 15.8. The fraction of sp³-hybridized carbons (Fsp3) is 0.0435. The van der Waals surface area contributed by atoms with E-state index in [1.165, 1.54) is 6.08 Å². The van der Waals surface area contributed by atoms with Crippen molar-refractivity contribution in [2.24, 2.45) is 0 Å². The quantitative estimate of drug-likeness (QED) is 0.262. The molecule has 0 aliphatic rings. The van der Waals surface area contributed by atoms with Crippen molar-refractivity contribution in [2.45, 2.75) is 6.61 Å². The minimum absolute atomic E-state index is 0.100. The van der Waals surface area contributed by atoms with Gasteiger partial charge in [-0.3, -0.25) is 4.79 Å². The van der Waals surface area contributed by atoms with Crippen LogP contribution in [-0.4, -0.2) is 5.91 Å². The highest BCUT2D eigenvalue weighted by Crippen LogP contribution is 2.36. The molecule has 1 amide bonds. The van der Waals surface area contributed by atoms with Gasteiger partial charge < -0.3 is 10.1 Å². The Bertz CT molecular complexity index is 1180. The smallest absolute Gasteiger partial charge is 0.266 e. The predicted octanol–water partition coefficient (Wildman–Crippen LogP) is 7.53. The number of hydrogen-bond acceptors (Lipinski definition) is 3. The summed E-state index contributed by atoms with van der Waals surface area (Å²) in [5, 5.41) is 13.2. The first-order chi connectivity index (χ1) is 14.9. The molecule has 31 heavy (non-hydrogen) atoms. The van der Waals surface area contributed by atoms with E-state index in [-0.39, 0.29) is 28.0 Å². The Morgan fingerprint density at radius 1 is 1.03 bits per heavy atom. The maximum absolute atomic E-state index is 12.5. The van der Waals surface area contributed by atoms with Crippen LogP contribution in [0.25, 0.3) is 6.08 Å². The van der Waals surface area contributed by atoms with Crippen LogP contribution >= 0.6 is 50.7 Å². The largest absolute Gasteiger partial charge is 0.486 e. The van der Waals surface area contributed by atoms with Crippen molar-refractivity contribution >= 4 is 68.4 Å². The van der Waals surface area contributed by atoms with E-state index in [1.54, 1.807) is 36.4 Å². The van der Waals surface area contributed by atoms with Crippen LogP contribution in [-0.2, 0) is 11.4 Å². The Morgan fingerprint density at radius 2 is 1.74 bits per heavy atom. The maximum atomic E-state index is 12.5. The molecule has 0 saturated heterocycles. The first-order valence-corrected chi connectivity index (χ1v) is 10.8. The van der Waals surface area contributed by atoms with Crippen LogP contribution in [0, 0.1) is 11.3 Å². The van der Waals surface area contributed by atoms with Gasteiger partial charge in [-0.25, -0.2) is 0 Å². The summed E-state index contributed by atoms with van der Waals surface area (Å²) in [7, 11) is 0. The number of rotatable bonds is 6. The van der Waals surface area contributed by atoms with E-state index >= 15 is 0 Å². The second-order valence-electron chi connectivity index (χ2n) is 6.33. The lowest BCUT2D eigenvalue weighted by Gasteiger charge is -2.12. The summed E-state index contributed by atoms with van der Waals surface area (Å²) in [4.78, 5) is 12.5. The second kappa shape index (κ2) is 10.7. The minimum Gasteiger partial charge on any atom is -0.486 e. The summed E-state index contributed by atoms with van der Waals surface area (Å²) < 4.78 is 6.55. The molecule has 0 aliphatic heterocycles. The average Bonchev–Trinajstić information content (AvgIpc) is 2.72. The molecule has 0 radical (unpaired) electrons. The third-order valence-electron chi connectivity index (χ3n) is 4.11. The van der Waals surface area contributed by atoms with Gasteiger partial charge in [-0.2, -0.15) is 5.26 Å². The molecule has 0 saturated carbocycles. The molecule has 3 rings (SSSR count). The summed E-state index contributed by atoms with van der Waals surface area (Å²) in [6.45, 7) is 0.187. The van der Waals surface area contributed by atoms with Crippen molar-refractivity contribution < 1.29 is 9.53 Å². The van der Waals surface area contributed by atoms with Gasteiger partial charge in [0.15, 0.2) is 5.75 Å². The summed E-state index contributed by atoms with van der Waals surface area (Å²) >= 11 is 22.1. The lowest BCUT2D eigenvalue weighted by molar-refractivity contribution is -0.112. The van der Waals surface area contributed by atoms with E-state index in [1.807, 2.05) is 30.3 Å². The monoisotopic (exact) mass is 534 g/mol. The molecular weight excluding hydrogens is 523 g/mol. The lowest BCUT2D eigenvalue weighted by atomic mass is 10.1. The molecular formula is C23H14BrCl3N2O2. The predicted molar refractivity (Wildman–Crippen MR) is 129 cm³/mol. The Hall–Kier alpha value is -2.49. The SMILES string of the molecule is N#C/C(=C/c1cc(Cl)c(OCc2ccccc2Cl)c(Cl)c1)C(=O)Nc1cccc(Br)c1. The molecule has 3 aromatic carbocycles. The number of anilines is 1. The van der Waals surface area contributed by atoms with Gasteiger partial charge in [0.1, 0.15) is 18.2 Å². The number of halogens is 4. The Kier molecular flexibility index (Phi) is 8.00. The van der Waals surface area contributed by atoms with E-state index < -0.39 is 5.91 Å². The summed E-state index contributed by atoms with van der Waals surface area (Å²) in [5.74, 6) is -0.260. The average molecular weight is 537 g/mol. The fourth-order valence-corrected chi connectivity index (χ4v) is 3.85. The van der Waals surface area contributed by atoms with Crippen LogP contribution < -0.4 is 10.1 Å². The fourth-order valence-electron chi connectivity index (χ4n) is 2.65. The molecule has 0 bridgehead atoms. The van der Waals surface area contributed by atoms with Gasteiger partial charge in [0.2, 0.25) is 0 Å². The van der Waals surface area contributed by atoms with E-state index in [2.05, 4.69) is 21.2 Å². The van der Waals surface area contributed by atoms with E-state index in [0.29, 0.717) is 16.3 Å². The Morgan fingerprint density at radius 3 is 2.39 bits per heavy atom. The van der Waals surface area contributed by atoms with Crippen LogP contribution in [0.3, 0.4) is 0 Å². The summed E-state index contributed by atoms with van der Waals surface area (Å²) in [6.07, 6.45) is 1.41. The molecule has 4 nitrogen and oxygen atoms in total. The summed E-state index contributed by atoms with van der Waals surface area (Å²) in [6, 6.07) is 19.4. The number of carbonyl (C=O) groups excluding carboxylic acids is 1. The number of nitrogens with one attached hydrogen (secondary N) is 1. The molecule has 8 heteroatoms. The number of benzene rings is 3. The third kappa shape index (κ3) is 6.25. The molecule has 0 unspecified atom stereocenters. The topological polar surface area (TPSA) is 62.1 Å². The van der Waals surface area contributed by atoms with Gasteiger partial charge in [0, 0.05) is 20.7 Å². The van der Waals surface area contributed by atoms with Gasteiger partial charge >= 0.3 is 0 Å². The van der Waals surface area contributed by atoms with Crippen molar-refractivity contribution in [3.8, 4) is 11.8 Å². The number of carbonyl (C=O) groups is 1. The van der Waals surface area contributed by atoms with E-state index in [4.69, 9.17) is 39.5 Å². The van der Waals surface area contributed by atoms with Gasteiger partial charge in [0.05, 0.1) is 10.0 Å². The van der Waals surface area contributed by atoms with Crippen molar-refractivity contribution in [2.75, 3.05) is 5.32 Å². The highest BCUT2D eigenvalue weighted by Gasteiger charge is 2.14. The van der Waals surface area contributed by atoms with E-state index in [9.17, 15) is 10.1 Å². The first-order valence-electron chi connectivity index (χ1n) is 8.91. The lowest BCUT2D eigenvalue weighted by Crippen LogP contribution is -2.13. The standard InChI is InChI=1S/C23H14BrCl3N2O2/c24-17-5-3-6-18(11-17)29-23(30)16(12-28)8-14-9-20(26)22(21(27)10-14)31-13-15-4-1-2-7-19(15)25/h1-11H,13H2,(H,29,30)/b16-8-. The molecule has 1 N–H and O–H groups in total. The second-order valence-corrected chi connectivity index (χ2v) is 8.47. The number of hydrogen-bond donors (Lipinski definition) is 1. The van der Waals surface area contributed by atoms with Gasteiger partial charge in [-0.05, 0) is 48.0 Å². The molecule has 0 aliphatic carbocycles. The normalized spacial score (nSPS) is 11.0. The van der Waals surface area contributed by atoms with Crippen molar-refractivity contribution in [3.63, 3.8) is 0 Å². The highest BCUT2D eigenvalue weighted by atomic mass is 79.9. The van der Waals surface area contributed by atoms with Gasteiger partial charge in [-0.1, -0.05) is 75.0 Å². The van der Waals surface area contributed by atoms with E-state index in [0.717, 1.165) is 10.0 Å². The van der Waals surface area contributed by atoms with Crippen LogP contribution in [0.4, 0.5) is 5.69 Å². The zero-order chi connectivity index (χ0) is 22.4. The molecule has 3 aromatic rings. The van der Waals surface area contributed by atoms with Crippen molar-refractivity contribution in [1.29, 1.82) is 5.26 Å². The van der Waals surface area contributed by atoms with Crippen LogP contribution in [0.5, 0.6) is 5.75 Å². The van der Waals surface area contributed by atoms with Gasteiger partial charge in [0.25, 0.3) is 5.91 Å². The zero-order valence-corrected chi connectivity index (χ0v) is 19.7. The molecule has 0 heterocycles. The number of amides is 1. The Labute approximate surface area is 203 Å². The Balaban J connectivity index is 1.78. The molecule has 0 atom stereocenters. The van der Waals surface area contributed by atoms with Crippen LogP contribution in [0.15, 0.2) is 70.7 Å². The highest BCUT2D eigenvalue weighted by molar-refractivity contribution is 9.10. The summed E-state index contributed by atoms with van der Waals surface area (Å²) in [5.41, 5.74) is 1.73. The minimum atomic E-state index is -0.549. The maximum Gasteiger partial charge on any atom is 0.266 e. The van der Waals surface area contributed by atoms with Gasteiger partial charge in [-0.15, -0.1) is 0 Å². The number of nitrogens with zero attached hydrogens (tertiary/aromatic N) is 1. The third-order valence-corrected chi connectivity index (χ3v) is 5.53. The molecule has 156 valence electrons. The van der Waals surface area contributed by atoms with Crippen LogP contribution in [0.2, 0.25) is 15.1 Å². The molecule has 0 aromatic heterocycles. The van der Waals surface area contributed by atoms with Crippen LogP contribution in [0.1, 0.15) is 11.1 Å². The van der Waals surface area contributed by atoms with Crippen molar-refractivity contribution in [3.05, 3.63) is 96.9 Å². The molecule has 0 fully saturated rings. The number of ether oxygens (including phenoxy) is 1. The number of nitriles is 1.